The lowest BCUT2D eigenvalue weighted by atomic mass is 9.77. The molecule has 2 aliphatic heterocycles. The normalized spacial score (nSPS) is 14.0. The molecule has 52 heavy (non-hydrogen) atoms. The molecule has 2 heterocycles. The van der Waals surface area contributed by atoms with Crippen molar-refractivity contribution >= 4 is 40.7 Å². The van der Waals surface area contributed by atoms with Gasteiger partial charge in [0.15, 0.2) is 5.60 Å². The summed E-state index contributed by atoms with van der Waals surface area (Å²) >= 11 is 0. The lowest BCUT2D eigenvalue weighted by molar-refractivity contribution is 0.0224. The third-order valence-electron chi connectivity index (χ3n) is 9.45. The molecule has 0 atom stereocenters. The summed E-state index contributed by atoms with van der Waals surface area (Å²) in [6.07, 6.45) is 0. The highest BCUT2D eigenvalue weighted by Gasteiger charge is 2.54. The summed E-state index contributed by atoms with van der Waals surface area (Å²) in [4.78, 5) is 26.1. The maximum Gasteiger partial charge on any atom is 0.340 e. The number of aliphatic hydroxyl groups is 1. The van der Waals surface area contributed by atoms with E-state index >= 15 is 0 Å². The van der Waals surface area contributed by atoms with E-state index in [4.69, 9.17) is 9.47 Å². The summed E-state index contributed by atoms with van der Waals surface area (Å²) in [6, 6.07) is 41.6. The number of benzene rings is 6. The zero-order valence-electron chi connectivity index (χ0n) is 27.8. The lowest BCUT2D eigenvalue weighted by Gasteiger charge is -2.36. The van der Waals surface area contributed by atoms with Gasteiger partial charge in [-0.3, -0.25) is 4.79 Å². The number of hydrogen-bond donors (Lipinski definition) is 5. The van der Waals surface area contributed by atoms with Crippen LogP contribution in [0.5, 0.6) is 23.0 Å². The molecule has 0 bridgehead atoms. The van der Waals surface area contributed by atoms with Gasteiger partial charge in [-0.2, -0.15) is 0 Å². The predicted molar refractivity (Wildman–Crippen MR) is 201 cm³/mol. The van der Waals surface area contributed by atoms with Crippen molar-refractivity contribution in [1.82, 2.24) is 5.32 Å². The minimum absolute atomic E-state index is 0.0313. The summed E-state index contributed by atoms with van der Waals surface area (Å²) in [5.41, 5.74) is 1.40. The van der Waals surface area contributed by atoms with Crippen LogP contribution in [0, 0.1) is 0 Å². The second-order valence-corrected chi connectivity index (χ2v) is 15.7. The Morgan fingerprint density at radius 2 is 1.23 bits per heavy atom. The standard InChI is InChI=1S/C42H31N2O7P/c1-43-40(48)26-12-17-32(18-13-26)52(30-8-4-2-5-9-30,31-10-6-3-7-11-31)25-39(47)44-27-14-19-34-33(22-27)41(49)51-42(34)35-20-15-28(45)23-37(35)50-38-24-29(46)16-21-36(38)42/h2-25,44H,1H3,(H3-,43,45,46,47,48)/p+1/b39-25-. The molecule has 5 N–H and O–H groups in total. The largest absolute Gasteiger partial charge is 0.508 e. The number of ether oxygens (including phenoxy) is 2. The van der Waals surface area contributed by atoms with E-state index in [0.29, 0.717) is 27.9 Å². The first-order valence-corrected chi connectivity index (χ1v) is 18.3. The molecular weight excluding hydrogens is 675 g/mol. The SMILES string of the molecule is CNC(=O)c1ccc([P+](/C=C(\O)Nc2ccc3c(c2)C(=O)OC32c3ccc(O)cc3Oc3cc(O)ccc32)(c2ccccc2)c2ccccc2)cc1. The smallest absolute Gasteiger partial charge is 0.340 e. The fraction of sp³-hybridized carbons (Fsp3) is 0.0476. The number of phenols is 2. The van der Waals surface area contributed by atoms with E-state index in [9.17, 15) is 24.9 Å². The third-order valence-corrected chi connectivity index (χ3v) is 13.4. The van der Waals surface area contributed by atoms with Crippen molar-refractivity contribution in [3.8, 4) is 23.0 Å². The Balaban J connectivity index is 1.24. The van der Waals surface area contributed by atoms with Gasteiger partial charge in [-0.25, -0.2) is 4.79 Å². The number of rotatable bonds is 7. The van der Waals surface area contributed by atoms with Crippen LogP contribution in [0.15, 0.2) is 151 Å². The van der Waals surface area contributed by atoms with Gasteiger partial charge in [-0.15, -0.1) is 0 Å². The molecule has 1 amide bonds. The molecule has 2 aliphatic rings. The molecule has 6 aromatic carbocycles. The zero-order valence-corrected chi connectivity index (χ0v) is 28.7. The van der Waals surface area contributed by atoms with E-state index in [1.165, 1.54) is 24.3 Å². The van der Waals surface area contributed by atoms with E-state index in [1.807, 2.05) is 78.6 Å². The summed E-state index contributed by atoms with van der Waals surface area (Å²) < 4.78 is 12.3. The number of hydrogen-bond acceptors (Lipinski definition) is 8. The van der Waals surface area contributed by atoms with E-state index in [1.54, 1.807) is 49.5 Å². The average Bonchev–Trinajstić information content (AvgIpc) is 3.45. The monoisotopic (exact) mass is 707 g/mol. The topological polar surface area (TPSA) is 137 Å². The number of fused-ring (bicyclic) bond motifs is 6. The summed E-state index contributed by atoms with van der Waals surface area (Å²) in [5, 5.41) is 41.0. The molecule has 256 valence electrons. The van der Waals surface area contributed by atoms with E-state index < -0.39 is 18.8 Å². The Labute approximate surface area is 299 Å². The summed E-state index contributed by atoms with van der Waals surface area (Å²) in [7, 11) is -1.11. The lowest BCUT2D eigenvalue weighted by Crippen LogP contribution is -2.32. The van der Waals surface area contributed by atoms with Crippen LogP contribution in [0.3, 0.4) is 0 Å². The minimum Gasteiger partial charge on any atom is -0.508 e. The van der Waals surface area contributed by atoms with Crippen LogP contribution >= 0.6 is 7.26 Å². The van der Waals surface area contributed by atoms with Crippen LogP contribution in [0.1, 0.15) is 37.4 Å². The van der Waals surface area contributed by atoms with Gasteiger partial charge >= 0.3 is 5.97 Å². The number of esters is 1. The fourth-order valence-electron chi connectivity index (χ4n) is 7.14. The van der Waals surface area contributed by atoms with Crippen LogP contribution in [0.4, 0.5) is 5.69 Å². The van der Waals surface area contributed by atoms with Crippen molar-refractivity contribution in [2.45, 2.75) is 5.60 Å². The second kappa shape index (κ2) is 12.6. The number of carbonyl (C=O) groups is 2. The summed E-state index contributed by atoms with van der Waals surface area (Å²) in [6.45, 7) is 0. The van der Waals surface area contributed by atoms with Crippen molar-refractivity contribution < 1.29 is 34.4 Å². The number of aliphatic hydroxyl groups excluding tert-OH is 1. The highest BCUT2D eigenvalue weighted by molar-refractivity contribution is 7.98. The highest BCUT2D eigenvalue weighted by Crippen LogP contribution is 2.59. The van der Waals surface area contributed by atoms with Gasteiger partial charge in [-0.1, -0.05) is 42.5 Å². The molecule has 6 aromatic rings. The molecule has 8 rings (SSSR count). The van der Waals surface area contributed by atoms with Crippen LogP contribution in [0.25, 0.3) is 0 Å². The van der Waals surface area contributed by atoms with Crippen LogP contribution in [-0.4, -0.2) is 34.2 Å². The Morgan fingerprint density at radius 1 is 0.692 bits per heavy atom. The molecule has 0 unspecified atom stereocenters. The minimum atomic E-state index is -2.69. The van der Waals surface area contributed by atoms with Crippen LogP contribution in [0.2, 0.25) is 0 Å². The molecule has 0 saturated heterocycles. The first-order valence-electron chi connectivity index (χ1n) is 16.5. The van der Waals surface area contributed by atoms with Crippen molar-refractivity contribution in [1.29, 1.82) is 0 Å². The first kappa shape index (κ1) is 32.6. The van der Waals surface area contributed by atoms with Crippen LogP contribution < -0.4 is 31.3 Å². The van der Waals surface area contributed by atoms with Gasteiger partial charge in [0.25, 0.3) is 5.91 Å². The maximum absolute atomic E-state index is 13.7. The number of nitrogens with one attached hydrogen (secondary N) is 2. The Morgan fingerprint density at radius 3 is 1.79 bits per heavy atom. The third kappa shape index (κ3) is 5.22. The van der Waals surface area contributed by atoms with E-state index in [0.717, 1.165) is 15.9 Å². The van der Waals surface area contributed by atoms with Crippen molar-refractivity contribution in [3.05, 3.63) is 179 Å². The molecule has 0 aliphatic carbocycles. The summed E-state index contributed by atoms with van der Waals surface area (Å²) in [5.74, 6) is 1.42. The van der Waals surface area contributed by atoms with Crippen molar-refractivity contribution in [2.24, 2.45) is 0 Å². The van der Waals surface area contributed by atoms with Gasteiger partial charge in [0, 0.05) is 47.1 Å². The van der Waals surface area contributed by atoms with Gasteiger partial charge in [-0.05, 0) is 84.9 Å². The molecule has 0 fully saturated rings. The van der Waals surface area contributed by atoms with Crippen molar-refractivity contribution in [2.75, 3.05) is 12.4 Å². The fourth-order valence-corrected chi connectivity index (χ4v) is 10.8. The Hall–Kier alpha value is -6.57. The quantitative estimate of drug-likeness (QED) is 0.0696. The van der Waals surface area contributed by atoms with Crippen LogP contribution in [-0.2, 0) is 10.3 Å². The Kier molecular flexibility index (Phi) is 7.93. The Bertz CT molecular complexity index is 2310. The average molecular weight is 708 g/mol. The van der Waals surface area contributed by atoms with Gasteiger partial charge in [0.05, 0.1) is 5.56 Å². The number of anilines is 1. The molecule has 0 aromatic heterocycles. The maximum atomic E-state index is 13.7. The first-order chi connectivity index (χ1) is 25.2. The van der Waals surface area contributed by atoms with E-state index in [-0.39, 0.29) is 40.4 Å². The molecule has 9 nitrogen and oxygen atoms in total. The number of carbonyl (C=O) groups excluding carboxylic acids is 2. The molecule has 0 radical (unpaired) electrons. The molecular formula is C42H32N2O7P+. The number of aromatic hydroxyl groups is 2. The molecule has 1 spiro atoms. The molecule has 0 saturated carbocycles. The van der Waals surface area contributed by atoms with Gasteiger partial charge < -0.3 is 35.4 Å². The second-order valence-electron chi connectivity index (χ2n) is 12.5. The predicted octanol–water partition coefficient (Wildman–Crippen LogP) is 6.79. The van der Waals surface area contributed by atoms with Gasteiger partial charge in [0.2, 0.25) is 5.88 Å². The van der Waals surface area contributed by atoms with Crippen molar-refractivity contribution in [3.63, 3.8) is 0 Å². The zero-order chi connectivity index (χ0) is 36.0. The van der Waals surface area contributed by atoms with E-state index in [2.05, 4.69) is 10.6 Å². The molecule has 10 heteroatoms. The number of phenolic OH excluding ortho intramolecular Hbond substituents is 2. The number of amides is 1. The highest BCUT2D eigenvalue weighted by atomic mass is 31.2. The van der Waals surface area contributed by atoms with Gasteiger partial charge in [0.1, 0.15) is 52.0 Å².